The van der Waals surface area contributed by atoms with Gasteiger partial charge in [-0.1, -0.05) is 13.3 Å². The number of aliphatic hydroxyl groups excluding tert-OH is 1. The highest BCUT2D eigenvalue weighted by atomic mass is 16.5. The van der Waals surface area contributed by atoms with E-state index in [1.807, 2.05) is 4.90 Å². The topological polar surface area (TPSA) is 61.8 Å². The lowest BCUT2D eigenvalue weighted by atomic mass is 9.70. The number of hydrogen-bond acceptors (Lipinski definition) is 3. The smallest absolute Gasteiger partial charge is 0.317 e. The zero-order valence-electron chi connectivity index (χ0n) is 11.9. The van der Waals surface area contributed by atoms with Crippen LogP contribution in [0.1, 0.15) is 39.0 Å². The number of carbonyl (C=O) groups is 1. The van der Waals surface area contributed by atoms with Crippen molar-refractivity contribution in [3.63, 3.8) is 0 Å². The molecular weight excluding hydrogens is 244 g/mol. The number of hydrogen-bond donors (Lipinski definition) is 2. The molecule has 0 spiro atoms. The molecule has 1 aliphatic heterocycles. The third-order valence-corrected chi connectivity index (χ3v) is 4.34. The number of amides is 2. The number of piperidine rings is 1. The molecule has 110 valence electrons. The van der Waals surface area contributed by atoms with Crippen molar-refractivity contribution in [3.05, 3.63) is 0 Å². The van der Waals surface area contributed by atoms with Gasteiger partial charge in [-0.05, 0) is 31.1 Å². The molecule has 0 aromatic carbocycles. The number of ether oxygens (including phenoxy) is 1. The number of aliphatic hydroxyl groups is 1. The average molecular weight is 270 g/mol. The maximum atomic E-state index is 12.1. The third kappa shape index (κ3) is 4.08. The first-order chi connectivity index (χ1) is 9.13. The van der Waals surface area contributed by atoms with Gasteiger partial charge in [0.15, 0.2) is 0 Å². The van der Waals surface area contributed by atoms with Crippen molar-refractivity contribution in [3.8, 4) is 0 Å². The number of likely N-dealkylation sites (tertiary alicyclic amines) is 1. The minimum Gasteiger partial charge on any atom is -0.394 e. The summed E-state index contributed by atoms with van der Waals surface area (Å²) in [4.78, 5) is 14.0. The van der Waals surface area contributed by atoms with Crippen molar-refractivity contribution in [2.24, 2.45) is 5.41 Å². The molecule has 1 aliphatic carbocycles. The highest BCUT2D eigenvalue weighted by molar-refractivity contribution is 5.74. The first kappa shape index (κ1) is 14.6. The maximum Gasteiger partial charge on any atom is 0.317 e. The molecule has 1 unspecified atom stereocenters. The van der Waals surface area contributed by atoms with Crippen molar-refractivity contribution in [2.75, 3.05) is 32.8 Å². The van der Waals surface area contributed by atoms with Crippen molar-refractivity contribution in [1.82, 2.24) is 10.2 Å². The Morgan fingerprint density at radius 3 is 2.89 bits per heavy atom. The maximum absolute atomic E-state index is 12.1. The fourth-order valence-electron chi connectivity index (χ4n) is 2.84. The van der Waals surface area contributed by atoms with E-state index in [2.05, 4.69) is 12.2 Å². The molecule has 2 N–H and O–H groups in total. The zero-order valence-corrected chi connectivity index (χ0v) is 11.9. The van der Waals surface area contributed by atoms with E-state index in [0.717, 1.165) is 25.9 Å². The lowest BCUT2D eigenvalue weighted by molar-refractivity contribution is -0.00616. The van der Waals surface area contributed by atoms with Crippen LogP contribution in [-0.2, 0) is 4.74 Å². The van der Waals surface area contributed by atoms with E-state index in [0.29, 0.717) is 18.6 Å². The van der Waals surface area contributed by atoms with E-state index in [1.54, 1.807) is 0 Å². The highest BCUT2D eigenvalue weighted by Gasteiger charge is 2.33. The van der Waals surface area contributed by atoms with E-state index in [4.69, 9.17) is 9.84 Å². The normalized spacial score (nSPS) is 25.8. The standard InChI is InChI=1S/C14H26N2O3/c1-14(5-3-6-14)11-15-13(18)16-7-2-4-12(10-16)19-9-8-17/h12,17H,2-11H2,1H3,(H,15,18). The van der Waals surface area contributed by atoms with Crippen molar-refractivity contribution < 1.29 is 14.6 Å². The summed E-state index contributed by atoms with van der Waals surface area (Å²) in [5.74, 6) is 0. The molecule has 1 saturated carbocycles. The summed E-state index contributed by atoms with van der Waals surface area (Å²) in [6.45, 7) is 4.87. The fraction of sp³-hybridized carbons (Fsp3) is 0.929. The Hall–Kier alpha value is -0.810. The second kappa shape index (κ2) is 6.57. The molecule has 1 heterocycles. The van der Waals surface area contributed by atoms with Crippen LogP contribution in [0.3, 0.4) is 0 Å². The molecular formula is C14H26N2O3. The van der Waals surface area contributed by atoms with E-state index in [1.165, 1.54) is 19.3 Å². The van der Waals surface area contributed by atoms with Gasteiger partial charge >= 0.3 is 6.03 Å². The largest absolute Gasteiger partial charge is 0.394 e. The Labute approximate surface area is 115 Å². The first-order valence-electron chi connectivity index (χ1n) is 7.38. The van der Waals surface area contributed by atoms with Crippen LogP contribution in [0.5, 0.6) is 0 Å². The summed E-state index contributed by atoms with van der Waals surface area (Å²) >= 11 is 0. The van der Waals surface area contributed by atoms with Gasteiger partial charge in [-0.15, -0.1) is 0 Å². The van der Waals surface area contributed by atoms with E-state index in [-0.39, 0.29) is 18.7 Å². The van der Waals surface area contributed by atoms with Gasteiger partial charge in [0.1, 0.15) is 0 Å². The second-order valence-corrected chi connectivity index (χ2v) is 6.13. The SMILES string of the molecule is CC1(CNC(=O)N2CCCC(OCCO)C2)CCC1. The molecule has 2 aliphatic rings. The molecule has 0 radical (unpaired) electrons. The summed E-state index contributed by atoms with van der Waals surface area (Å²) in [7, 11) is 0. The van der Waals surface area contributed by atoms with Crippen LogP contribution in [0.2, 0.25) is 0 Å². The monoisotopic (exact) mass is 270 g/mol. The predicted molar refractivity (Wildman–Crippen MR) is 73.0 cm³/mol. The highest BCUT2D eigenvalue weighted by Crippen LogP contribution is 2.39. The van der Waals surface area contributed by atoms with E-state index < -0.39 is 0 Å². The Morgan fingerprint density at radius 2 is 2.26 bits per heavy atom. The second-order valence-electron chi connectivity index (χ2n) is 6.13. The van der Waals surface area contributed by atoms with Crippen molar-refractivity contribution in [2.45, 2.75) is 45.1 Å². The van der Waals surface area contributed by atoms with Crippen LogP contribution in [0, 0.1) is 5.41 Å². The summed E-state index contributed by atoms with van der Waals surface area (Å²) in [5, 5.41) is 11.8. The Balaban J connectivity index is 1.72. The van der Waals surface area contributed by atoms with Gasteiger partial charge in [0.05, 0.1) is 19.3 Å². The van der Waals surface area contributed by atoms with Gasteiger partial charge in [0.2, 0.25) is 0 Å². The molecule has 0 aromatic rings. The summed E-state index contributed by atoms with van der Waals surface area (Å²) in [6.07, 6.45) is 5.74. The molecule has 2 rings (SSSR count). The molecule has 5 nitrogen and oxygen atoms in total. The summed E-state index contributed by atoms with van der Waals surface area (Å²) in [6, 6.07) is 0.0328. The van der Waals surface area contributed by atoms with E-state index >= 15 is 0 Å². The van der Waals surface area contributed by atoms with Gasteiger partial charge in [-0.2, -0.15) is 0 Å². The van der Waals surface area contributed by atoms with Gasteiger partial charge < -0.3 is 20.1 Å². The fourth-order valence-corrected chi connectivity index (χ4v) is 2.84. The molecule has 5 heteroatoms. The summed E-state index contributed by atoms with van der Waals surface area (Å²) in [5.41, 5.74) is 0.318. The quantitative estimate of drug-likeness (QED) is 0.793. The van der Waals surface area contributed by atoms with Crippen molar-refractivity contribution in [1.29, 1.82) is 0 Å². The first-order valence-corrected chi connectivity index (χ1v) is 7.38. The minimum atomic E-state index is 0.0328. The molecule has 19 heavy (non-hydrogen) atoms. The van der Waals surface area contributed by atoms with Crippen LogP contribution < -0.4 is 5.32 Å². The van der Waals surface area contributed by atoms with E-state index in [9.17, 15) is 4.79 Å². The lowest BCUT2D eigenvalue weighted by Gasteiger charge is -2.39. The predicted octanol–water partition coefficient (Wildman–Crippen LogP) is 1.36. The number of rotatable bonds is 5. The Kier molecular flexibility index (Phi) is 5.05. The molecule has 0 aromatic heterocycles. The molecule has 0 bridgehead atoms. The van der Waals surface area contributed by atoms with Gasteiger partial charge in [-0.3, -0.25) is 0 Å². The molecule has 1 atom stereocenters. The van der Waals surface area contributed by atoms with Crippen LogP contribution in [0.4, 0.5) is 4.79 Å². The molecule has 1 saturated heterocycles. The number of carbonyl (C=O) groups excluding carboxylic acids is 1. The number of urea groups is 1. The van der Waals surface area contributed by atoms with Crippen LogP contribution in [0.15, 0.2) is 0 Å². The van der Waals surface area contributed by atoms with Gasteiger partial charge in [0, 0.05) is 19.6 Å². The van der Waals surface area contributed by atoms with Crippen LogP contribution >= 0.6 is 0 Å². The molecule has 2 amide bonds. The number of nitrogens with one attached hydrogen (secondary N) is 1. The van der Waals surface area contributed by atoms with Gasteiger partial charge in [-0.25, -0.2) is 4.79 Å². The molecule has 2 fully saturated rings. The Bertz CT molecular complexity index is 305. The van der Waals surface area contributed by atoms with Crippen LogP contribution in [-0.4, -0.2) is 55.0 Å². The van der Waals surface area contributed by atoms with Crippen molar-refractivity contribution >= 4 is 6.03 Å². The third-order valence-electron chi connectivity index (χ3n) is 4.34. The lowest BCUT2D eigenvalue weighted by Crippen LogP contribution is -2.50. The zero-order chi connectivity index (χ0) is 13.7. The Morgan fingerprint density at radius 1 is 1.47 bits per heavy atom. The van der Waals surface area contributed by atoms with Gasteiger partial charge in [0.25, 0.3) is 0 Å². The minimum absolute atomic E-state index is 0.0328. The average Bonchev–Trinajstić information content (AvgIpc) is 2.40. The summed E-state index contributed by atoms with van der Waals surface area (Å²) < 4.78 is 5.52. The van der Waals surface area contributed by atoms with Crippen LogP contribution in [0.25, 0.3) is 0 Å². The number of nitrogens with zero attached hydrogens (tertiary/aromatic N) is 1.